The van der Waals surface area contributed by atoms with Crippen LogP contribution < -0.4 is 10.6 Å². The standard InChI is InChI=1S/C22H24F2N4O2/c23-17-8-5-13(21(30)28-19-3-1-2-4-20(19)29)9-14(17)10-18(24)15-11-25-22(26-12-15)27-16-6-7-16/h5,8-12,16,19-20,29H,1-4,6-7H2,(H,28,30)(H,25,26,27)/b18-10-/t19-,20-/m0/s1. The molecular weight excluding hydrogens is 390 g/mol. The largest absolute Gasteiger partial charge is 0.391 e. The molecule has 0 radical (unpaired) electrons. The van der Waals surface area contributed by atoms with Gasteiger partial charge in [-0.3, -0.25) is 4.79 Å². The number of halogens is 2. The van der Waals surface area contributed by atoms with Crippen LogP contribution in [0.5, 0.6) is 0 Å². The highest BCUT2D eigenvalue weighted by atomic mass is 19.1. The average molecular weight is 414 g/mol. The first kappa shape index (κ1) is 20.4. The topological polar surface area (TPSA) is 87.1 Å². The molecule has 2 atom stereocenters. The molecule has 2 aliphatic carbocycles. The number of nitrogens with zero attached hydrogens (tertiary/aromatic N) is 2. The lowest BCUT2D eigenvalue weighted by Crippen LogP contribution is -2.45. The molecule has 1 aromatic carbocycles. The molecule has 2 aromatic rings. The quantitative estimate of drug-likeness (QED) is 0.671. The molecule has 0 saturated heterocycles. The molecule has 30 heavy (non-hydrogen) atoms. The number of aliphatic hydroxyl groups excluding tert-OH is 1. The molecule has 0 bridgehead atoms. The van der Waals surface area contributed by atoms with Gasteiger partial charge in [-0.15, -0.1) is 0 Å². The highest BCUT2D eigenvalue weighted by Crippen LogP contribution is 2.25. The van der Waals surface area contributed by atoms with Crippen molar-refractivity contribution in [1.29, 1.82) is 0 Å². The van der Waals surface area contributed by atoms with Crippen molar-refractivity contribution in [2.45, 2.75) is 56.7 Å². The van der Waals surface area contributed by atoms with E-state index < -0.39 is 23.7 Å². The van der Waals surface area contributed by atoms with Crippen molar-refractivity contribution in [2.75, 3.05) is 5.32 Å². The smallest absolute Gasteiger partial charge is 0.251 e. The van der Waals surface area contributed by atoms with Gasteiger partial charge in [-0.25, -0.2) is 18.7 Å². The van der Waals surface area contributed by atoms with E-state index in [4.69, 9.17) is 0 Å². The van der Waals surface area contributed by atoms with Crippen molar-refractivity contribution >= 4 is 23.8 Å². The van der Waals surface area contributed by atoms with E-state index >= 15 is 0 Å². The molecule has 0 aliphatic heterocycles. The first-order chi connectivity index (χ1) is 14.5. The summed E-state index contributed by atoms with van der Waals surface area (Å²) in [6.07, 6.45) is 8.45. The van der Waals surface area contributed by atoms with Crippen LogP contribution in [-0.4, -0.2) is 39.2 Å². The molecule has 2 aliphatic rings. The van der Waals surface area contributed by atoms with Crippen molar-refractivity contribution in [3.8, 4) is 0 Å². The van der Waals surface area contributed by atoms with Gasteiger partial charge in [-0.1, -0.05) is 12.8 Å². The van der Waals surface area contributed by atoms with Crippen molar-refractivity contribution in [3.05, 3.63) is 53.1 Å². The van der Waals surface area contributed by atoms with E-state index in [-0.39, 0.29) is 22.7 Å². The van der Waals surface area contributed by atoms with Crippen LogP contribution in [0.25, 0.3) is 11.9 Å². The van der Waals surface area contributed by atoms with Gasteiger partial charge in [-0.2, -0.15) is 0 Å². The molecule has 1 heterocycles. The number of benzene rings is 1. The summed E-state index contributed by atoms with van der Waals surface area (Å²) in [5, 5.41) is 15.9. The fraction of sp³-hybridized carbons (Fsp3) is 0.409. The van der Waals surface area contributed by atoms with Crippen molar-refractivity contribution in [1.82, 2.24) is 15.3 Å². The summed E-state index contributed by atoms with van der Waals surface area (Å²) in [6.45, 7) is 0. The molecule has 2 saturated carbocycles. The van der Waals surface area contributed by atoms with Crippen LogP contribution >= 0.6 is 0 Å². The number of aromatic nitrogens is 2. The van der Waals surface area contributed by atoms with Crippen LogP contribution in [0, 0.1) is 5.82 Å². The Morgan fingerprint density at radius 1 is 1.10 bits per heavy atom. The van der Waals surface area contributed by atoms with E-state index in [0.717, 1.165) is 37.8 Å². The van der Waals surface area contributed by atoms with Crippen LogP contribution in [0.3, 0.4) is 0 Å². The van der Waals surface area contributed by atoms with Gasteiger partial charge in [0.1, 0.15) is 11.6 Å². The highest BCUT2D eigenvalue weighted by Gasteiger charge is 2.25. The van der Waals surface area contributed by atoms with Crippen molar-refractivity contribution in [2.24, 2.45) is 0 Å². The molecule has 158 valence electrons. The van der Waals surface area contributed by atoms with Gasteiger partial charge in [0.25, 0.3) is 5.91 Å². The van der Waals surface area contributed by atoms with Crippen LogP contribution in [0.2, 0.25) is 0 Å². The second-order valence-corrected chi connectivity index (χ2v) is 7.87. The number of anilines is 1. The van der Waals surface area contributed by atoms with Gasteiger partial charge in [0.05, 0.1) is 12.1 Å². The lowest BCUT2D eigenvalue weighted by Gasteiger charge is -2.28. The molecule has 6 nitrogen and oxygen atoms in total. The zero-order chi connectivity index (χ0) is 21.1. The van der Waals surface area contributed by atoms with Gasteiger partial charge < -0.3 is 15.7 Å². The summed E-state index contributed by atoms with van der Waals surface area (Å²) in [7, 11) is 0. The number of nitrogens with one attached hydrogen (secondary N) is 2. The number of rotatable bonds is 6. The Labute approximate surface area is 173 Å². The lowest BCUT2D eigenvalue weighted by atomic mass is 9.92. The number of hydrogen-bond donors (Lipinski definition) is 3. The average Bonchev–Trinajstić information content (AvgIpc) is 3.56. The Bertz CT molecular complexity index is 945. The first-order valence-corrected chi connectivity index (χ1v) is 10.2. The van der Waals surface area contributed by atoms with E-state index in [2.05, 4.69) is 20.6 Å². The van der Waals surface area contributed by atoms with Crippen molar-refractivity contribution in [3.63, 3.8) is 0 Å². The Balaban J connectivity index is 1.48. The maximum Gasteiger partial charge on any atom is 0.251 e. The number of amides is 1. The summed E-state index contributed by atoms with van der Waals surface area (Å²) >= 11 is 0. The Hall–Kier alpha value is -2.87. The fourth-order valence-electron chi connectivity index (χ4n) is 3.48. The molecule has 1 amide bonds. The summed E-state index contributed by atoms with van der Waals surface area (Å²) in [5.74, 6) is -1.34. The SMILES string of the molecule is O=C(N[C@H]1CCCC[C@@H]1O)c1ccc(F)c(/C=C(\F)c2cnc(NC3CC3)nc2)c1. The molecular formula is C22H24F2N4O2. The van der Waals surface area contributed by atoms with Crippen LogP contribution in [0.1, 0.15) is 60.0 Å². The zero-order valence-electron chi connectivity index (χ0n) is 16.4. The third-order valence-corrected chi connectivity index (χ3v) is 5.42. The van der Waals surface area contributed by atoms with Crippen LogP contribution in [0.4, 0.5) is 14.7 Å². The number of carbonyl (C=O) groups is 1. The summed E-state index contributed by atoms with van der Waals surface area (Å²) < 4.78 is 28.8. The van der Waals surface area contributed by atoms with E-state index in [1.54, 1.807) is 0 Å². The van der Waals surface area contributed by atoms with Gasteiger partial charge in [0, 0.05) is 35.1 Å². The van der Waals surface area contributed by atoms with E-state index in [1.165, 1.54) is 24.5 Å². The third kappa shape index (κ3) is 4.99. The maximum atomic E-state index is 14.6. The summed E-state index contributed by atoms with van der Waals surface area (Å²) in [6, 6.07) is 3.82. The number of carbonyl (C=O) groups excluding carboxylic acids is 1. The molecule has 0 spiro atoms. The molecule has 1 aromatic heterocycles. The predicted molar refractivity (Wildman–Crippen MR) is 110 cm³/mol. The molecule has 4 rings (SSSR count). The first-order valence-electron chi connectivity index (χ1n) is 10.2. The number of aliphatic hydroxyl groups is 1. The highest BCUT2D eigenvalue weighted by molar-refractivity contribution is 5.95. The van der Waals surface area contributed by atoms with Crippen LogP contribution in [-0.2, 0) is 0 Å². The minimum Gasteiger partial charge on any atom is -0.391 e. The third-order valence-electron chi connectivity index (χ3n) is 5.42. The van der Waals surface area contributed by atoms with Crippen LogP contribution in [0.15, 0.2) is 30.6 Å². The second kappa shape index (κ2) is 8.87. The molecule has 3 N–H and O–H groups in total. The van der Waals surface area contributed by atoms with Gasteiger partial charge in [0.15, 0.2) is 0 Å². The molecule has 0 unspecified atom stereocenters. The maximum absolute atomic E-state index is 14.6. The Morgan fingerprint density at radius 3 is 2.53 bits per heavy atom. The minimum atomic E-state index is -0.702. The van der Waals surface area contributed by atoms with Crippen molar-refractivity contribution < 1.29 is 18.7 Å². The lowest BCUT2D eigenvalue weighted by molar-refractivity contribution is 0.0717. The molecule has 2 fully saturated rings. The van der Waals surface area contributed by atoms with E-state index in [0.29, 0.717) is 24.8 Å². The molecule has 8 heteroatoms. The predicted octanol–water partition coefficient (Wildman–Crippen LogP) is 3.69. The Morgan fingerprint density at radius 2 is 1.83 bits per heavy atom. The van der Waals surface area contributed by atoms with Gasteiger partial charge in [-0.05, 0) is 50.0 Å². The van der Waals surface area contributed by atoms with E-state index in [9.17, 15) is 18.7 Å². The second-order valence-electron chi connectivity index (χ2n) is 7.87. The number of hydrogen-bond acceptors (Lipinski definition) is 5. The fourth-order valence-corrected chi connectivity index (χ4v) is 3.48. The zero-order valence-corrected chi connectivity index (χ0v) is 16.4. The van der Waals surface area contributed by atoms with E-state index in [1.807, 2.05) is 0 Å². The normalized spacial score (nSPS) is 21.9. The van der Waals surface area contributed by atoms with Gasteiger partial charge in [0.2, 0.25) is 5.95 Å². The minimum absolute atomic E-state index is 0.0514. The Kier molecular flexibility index (Phi) is 6.03. The summed E-state index contributed by atoms with van der Waals surface area (Å²) in [4.78, 5) is 20.7. The monoisotopic (exact) mass is 414 g/mol. The van der Waals surface area contributed by atoms with Gasteiger partial charge >= 0.3 is 0 Å². The summed E-state index contributed by atoms with van der Waals surface area (Å²) in [5.41, 5.74) is 0.272.